The summed E-state index contributed by atoms with van der Waals surface area (Å²) in [7, 11) is 2.07. The summed E-state index contributed by atoms with van der Waals surface area (Å²) in [6.45, 7) is 9.13. The summed E-state index contributed by atoms with van der Waals surface area (Å²) in [5, 5.41) is 3.46. The highest BCUT2D eigenvalue weighted by molar-refractivity contribution is 5.26. The summed E-state index contributed by atoms with van der Waals surface area (Å²) < 4.78 is 0. The zero-order chi connectivity index (χ0) is 12.1. The second-order valence-corrected chi connectivity index (χ2v) is 5.13. The van der Waals surface area contributed by atoms with Crippen molar-refractivity contribution in [1.82, 2.24) is 5.32 Å². The minimum absolute atomic E-state index is 0.570. The topological polar surface area (TPSA) is 12.0 Å². The standard InChI is InChI=1S/C15H25N/c1-11(2)13(4)15(16-5)10-14-9-7-6-8-12(14)3/h6-9,11,13,15-16H,10H2,1-5H3. The maximum atomic E-state index is 3.46. The molecule has 1 nitrogen and oxygen atoms in total. The average molecular weight is 219 g/mol. The van der Waals surface area contributed by atoms with Crippen LogP contribution in [0, 0.1) is 18.8 Å². The van der Waals surface area contributed by atoms with E-state index in [2.05, 4.69) is 64.3 Å². The Morgan fingerprint density at radius 2 is 1.75 bits per heavy atom. The van der Waals surface area contributed by atoms with Crippen molar-refractivity contribution in [3.63, 3.8) is 0 Å². The molecule has 0 heterocycles. The second kappa shape index (κ2) is 6.05. The number of nitrogens with one attached hydrogen (secondary N) is 1. The van der Waals surface area contributed by atoms with E-state index >= 15 is 0 Å². The summed E-state index contributed by atoms with van der Waals surface area (Å²) in [4.78, 5) is 0. The number of benzene rings is 1. The van der Waals surface area contributed by atoms with Gasteiger partial charge in [0, 0.05) is 6.04 Å². The van der Waals surface area contributed by atoms with Crippen LogP contribution in [0.2, 0.25) is 0 Å². The predicted molar refractivity (Wildman–Crippen MR) is 71.7 cm³/mol. The normalized spacial score (nSPS) is 15.1. The maximum absolute atomic E-state index is 3.46. The van der Waals surface area contributed by atoms with Crippen LogP contribution in [0.5, 0.6) is 0 Å². The van der Waals surface area contributed by atoms with Crippen molar-refractivity contribution in [3.8, 4) is 0 Å². The molecule has 0 fully saturated rings. The van der Waals surface area contributed by atoms with Gasteiger partial charge in [0.25, 0.3) is 0 Å². The molecule has 2 atom stereocenters. The molecule has 0 spiro atoms. The maximum Gasteiger partial charge on any atom is 0.0133 e. The van der Waals surface area contributed by atoms with Crippen LogP contribution in [0.1, 0.15) is 31.9 Å². The van der Waals surface area contributed by atoms with Gasteiger partial charge in [-0.05, 0) is 43.4 Å². The highest BCUT2D eigenvalue weighted by Crippen LogP contribution is 2.19. The summed E-state index contributed by atoms with van der Waals surface area (Å²) >= 11 is 0. The second-order valence-electron chi connectivity index (χ2n) is 5.13. The van der Waals surface area contributed by atoms with Gasteiger partial charge in [0.1, 0.15) is 0 Å². The zero-order valence-corrected chi connectivity index (χ0v) is 11.2. The first kappa shape index (κ1) is 13.2. The molecule has 0 saturated carbocycles. The van der Waals surface area contributed by atoms with Crippen LogP contribution in [-0.4, -0.2) is 13.1 Å². The van der Waals surface area contributed by atoms with E-state index in [4.69, 9.17) is 0 Å². The molecule has 1 heteroatoms. The molecule has 0 saturated heterocycles. The van der Waals surface area contributed by atoms with Crippen LogP contribution in [0.3, 0.4) is 0 Å². The van der Waals surface area contributed by atoms with E-state index in [1.54, 1.807) is 0 Å². The first-order valence-electron chi connectivity index (χ1n) is 6.28. The van der Waals surface area contributed by atoms with Gasteiger partial charge in [-0.3, -0.25) is 0 Å². The number of hydrogen-bond donors (Lipinski definition) is 1. The SMILES string of the molecule is CNC(Cc1ccccc1C)C(C)C(C)C. The summed E-state index contributed by atoms with van der Waals surface area (Å²) in [5.41, 5.74) is 2.87. The first-order valence-corrected chi connectivity index (χ1v) is 6.28. The number of aryl methyl sites for hydroxylation is 1. The van der Waals surface area contributed by atoms with Gasteiger partial charge in [-0.2, -0.15) is 0 Å². The van der Waals surface area contributed by atoms with Crippen molar-refractivity contribution < 1.29 is 0 Å². The molecule has 0 aromatic heterocycles. The molecule has 90 valence electrons. The van der Waals surface area contributed by atoms with Crippen LogP contribution in [-0.2, 0) is 6.42 Å². The van der Waals surface area contributed by atoms with Gasteiger partial charge in [0.05, 0.1) is 0 Å². The molecule has 1 rings (SSSR count). The Kier molecular flexibility index (Phi) is 5.01. The molecule has 1 N–H and O–H groups in total. The quantitative estimate of drug-likeness (QED) is 0.800. The van der Waals surface area contributed by atoms with Gasteiger partial charge in [-0.1, -0.05) is 45.0 Å². The van der Waals surface area contributed by atoms with E-state index in [1.807, 2.05) is 0 Å². The van der Waals surface area contributed by atoms with Crippen molar-refractivity contribution in [2.24, 2.45) is 11.8 Å². The van der Waals surface area contributed by atoms with Gasteiger partial charge in [-0.15, -0.1) is 0 Å². The van der Waals surface area contributed by atoms with Gasteiger partial charge in [0.15, 0.2) is 0 Å². The van der Waals surface area contributed by atoms with Gasteiger partial charge in [-0.25, -0.2) is 0 Å². The number of rotatable bonds is 5. The van der Waals surface area contributed by atoms with Crippen molar-refractivity contribution in [2.75, 3.05) is 7.05 Å². The van der Waals surface area contributed by atoms with Crippen LogP contribution in [0.25, 0.3) is 0 Å². The molecule has 0 aliphatic carbocycles. The van der Waals surface area contributed by atoms with Crippen molar-refractivity contribution in [1.29, 1.82) is 0 Å². The minimum atomic E-state index is 0.570. The molecule has 1 aromatic carbocycles. The van der Waals surface area contributed by atoms with E-state index in [9.17, 15) is 0 Å². The number of likely N-dealkylation sites (N-methyl/N-ethyl adjacent to an activating group) is 1. The van der Waals surface area contributed by atoms with Crippen LogP contribution >= 0.6 is 0 Å². The van der Waals surface area contributed by atoms with E-state index in [1.165, 1.54) is 11.1 Å². The summed E-state index contributed by atoms with van der Waals surface area (Å²) in [6.07, 6.45) is 1.13. The Hall–Kier alpha value is -0.820. The molecule has 0 aliphatic rings. The Morgan fingerprint density at radius 3 is 2.25 bits per heavy atom. The summed E-state index contributed by atoms with van der Waals surface area (Å²) in [5.74, 6) is 1.42. The van der Waals surface area contributed by atoms with E-state index in [0.717, 1.165) is 12.3 Å². The Labute approximate surface area is 100 Å². The largest absolute Gasteiger partial charge is 0.316 e. The van der Waals surface area contributed by atoms with Gasteiger partial charge >= 0.3 is 0 Å². The highest BCUT2D eigenvalue weighted by atomic mass is 14.9. The van der Waals surface area contributed by atoms with Crippen LogP contribution in [0.15, 0.2) is 24.3 Å². The summed E-state index contributed by atoms with van der Waals surface area (Å²) in [6, 6.07) is 9.25. The third-order valence-electron chi connectivity index (χ3n) is 3.76. The lowest BCUT2D eigenvalue weighted by Gasteiger charge is -2.27. The third kappa shape index (κ3) is 3.34. The van der Waals surface area contributed by atoms with Crippen LogP contribution in [0.4, 0.5) is 0 Å². The van der Waals surface area contributed by atoms with Crippen molar-refractivity contribution in [3.05, 3.63) is 35.4 Å². The van der Waals surface area contributed by atoms with E-state index < -0.39 is 0 Å². The van der Waals surface area contributed by atoms with Gasteiger partial charge in [0.2, 0.25) is 0 Å². The third-order valence-corrected chi connectivity index (χ3v) is 3.76. The van der Waals surface area contributed by atoms with Gasteiger partial charge < -0.3 is 5.32 Å². The van der Waals surface area contributed by atoms with Crippen molar-refractivity contribution >= 4 is 0 Å². The molecule has 0 amide bonds. The molecule has 0 radical (unpaired) electrons. The highest BCUT2D eigenvalue weighted by Gasteiger charge is 2.19. The zero-order valence-electron chi connectivity index (χ0n) is 11.2. The molecular formula is C15H25N. The molecule has 0 bridgehead atoms. The Balaban J connectivity index is 2.74. The lowest BCUT2D eigenvalue weighted by atomic mass is 9.86. The molecule has 1 aromatic rings. The number of hydrogen-bond acceptors (Lipinski definition) is 1. The Bertz CT molecular complexity index is 317. The minimum Gasteiger partial charge on any atom is -0.316 e. The fourth-order valence-electron chi connectivity index (χ4n) is 2.09. The monoisotopic (exact) mass is 219 g/mol. The smallest absolute Gasteiger partial charge is 0.0133 e. The average Bonchev–Trinajstić information content (AvgIpc) is 2.27. The van der Waals surface area contributed by atoms with E-state index in [-0.39, 0.29) is 0 Å². The molecule has 0 aliphatic heterocycles. The van der Waals surface area contributed by atoms with E-state index in [0.29, 0.717) is 12.0 Å². The molecule has 16 heavy (non-hydrogen) atoms. The molecule has 2 unspecified atom stereocenters. The Morgan fingerprint density at radius 1 is 1.12 bits per heavy atom. The lowest BCUT2D eigenvalue weighted by molar-refractivity contribution is 0.309. The predicted octanol–water partition coefficient (Wildman–Crippen LogP) is 3.42. The first-order chi connectivity index (χ1) is 7.56. The van der Waals surface area contributed by atoms with Crippen molar-refractivity contribution in [2.45, 2.75) is 40.2 Å². The molecular weight excluding hydrogens is 194 g/mol. The fraction of sp³-hybridized carbons (Fsp3) is 0.600. The fourth-order valence-corrected chi connectivity index (χ4v) is 2.09. The lowest BCUT2D eigenvalue weighted by Crippen LogP contribution is -2.36. The van der Waals surface area contributed by atoms with Crippen LogP contribution < -0.4 is 5.32 Å².